The van der Waals surface area contributed by atoms with E-state index in [1.165, 1.54) is 30.5 Å². The SMILES string of the molecule is CCOC(=O)c1c(C)[nH]c(/C=N/NC(=O)[C@@H](C)Oc2ccc(F)cc2)c1C. The van der Waals surface area contributed by atoms with Gasteiger partial charge in [-0.25, -0.2) is 14.6 Å². The number of carbonyl (C=O) groups is 2. The van der Waals surface area contributed by atoms with Gasteiger partial charge in [0.05, 0.1) is 24.1 Å². The number of aromatic nitrogens is 1. The first kappa shape index (κ1) is 20.2. The minimum Gasteiger partial charge on any atom is -0.481 e. The number of hydrazone groups is 1. The first-order valence-corrected chi connectivity index (χ1v) is 8.44. The Balaban J connectivity index is 1.98. The number of hydrogen-bond donors (Lipinski definition) is 2. The third kappa shape index (κ3) is 5.16. The number of carbonyl (C=O) groups excluding carboxylic acids is 2. The van der Waals surface area contributed by atoms with E-state index in [0.717, 1.165) is 0 Å². The summed E-state index contributed by atoms with van der Waals surface area (Å²) in [6.07, 6.45) is 0.585. The number of hydrogen-bond acceptors (Lipinski definition) is 5. The van der Waals surface area contributed by atoms with Gasteiger partial charge in [0.2, 0.25) is 0 Å². The number of rotatable bonds is 7. The normalized spacial score (nSPS) is 12.0. The van der Waals surface area contributed by atoms with Crippen molar-refractivity contribution in [2.24, 2.45) is 5.10 Å². The maximum Gasteiger partial charge on any atom is 0.340 e. The van der Waals surface area contributed by atoms with E-state index in [1.54, 1.807) is 27.7 Å². The summed E-state index contributed by atoms with van der Waals surface area (Å²) in [6.45, 7) is 7.10. The van der Waals surface area contributed by atoms with Crippen molar-refractivity contribution in [3.05, 3.63) is 52.6 Å². The maximum atomic E-state index is 12.9. The minimum absolute atomic E-state index is 0.286. The van der Waals surface area contributed by atoms with Crippen LogP contribution in [0.1, 0.15) is 41.2 Å². The number of nitrogens with zero attached hydrogens (tertiary/aromatic N) is 1. The van der Waals surface area contributed by atoms with Gasteiger partial charge in [0.1, 0.15) is 11.6 Å². The van der Waals surface area contributed by atoms with Crippen molar-refractivity contribution in [3.63, 3.8) is 0 Å². The Labute approximate surface area is 156 Å². The molecule has 0 radical (unpaired) electrons. The average Bonchev–Trinajstić information content (AvgIpc) is 2.90. The highest BCUT2D eigenvalue weighted by molar-refractivity contribution is 5.96. The zero-order valence-corrected chi connectivity index (χ0v) is 15.6. The van der Waals surface area contributed by atoms with Crippen LogP contribution in [0.15, 0.2) is 29.4 Å². The van der Waals surface area contributed by atoms with Crippen molar-refractivity contribution >= 4 is 18.1 Å². The van der Waals surface area contributed by atoms with Gasteiger partial charge in [0.25, 0.3) is 5.91 Å². The Morgan fingerprint density at radius 2 is 1.96 bits per heavy atom. The highest BCUT2D eigenvalue weighted by Gasteiger charge is 2.18. The highest BCUT2D eigenvalue weighted by atomic mass is 19.1. The predicted molar refractivity (Wildman–Crippen MR) is 98.4 cm³/mol. The molecule has 0 aliphatic heterocycles. The molecule has 2 N–H and O–H groups in total. The summed E-state index contributed by atoms with van der Waals surface area (Å²) in [5, 5.41) is 3.89. The summed E-state index contributed by atoms with van der Waals surface area (Å²) >= 11 is 0. The van der Waals surface area contributed by atoms with Crippen LogP contribution in [0, 0.1) is 19.7 Å². The number of ether oxygens (including phenoxy) is 2. The van der Waals surface area contributed by atoms with E-state index in [-0.39, 0.29) is 12.4 Å². The number of benzene rings is 1. The molecule has 2 rings (SSSR count). The topological polar surface area (TPSA) is 92.8 Å². The Kier molecular flexibility index (Phi) is 6.70. The van der Waals surface area contributed by atoms with Crippen molar-refractivity contribution in [2.75, 3.05) is 6.61 Å². The molecule has 0 unspecified atom stereocenters. The standard InChI is InChI=1S/C19H22FN3O4/c1-5-26-19(25)17-11(2)16(22-12(17)3)10-21-23-18(24)13(4)27-15-8-6-14(20)7-9-15/h6-10,13,22H,5H2,1-4H3,(H,23,24)/b21-10+/t13-/m1/s1. The molecule has 0 saturated carbocycles. The lowest BCUT2D eigenvalue weighted by Crippen LogP contribution is -2.33. The fraction of sp³-hybridized carbons (Fsp3) is 0.316. The van der Waals surface area contributed by atoms with Crippen LogP contribution in [0.25, 0.3) is 0 Å². The molecule has 7 nitrogen and oxygen atoms in total. The summed E-state index contributed by atoms with van der Waals surface area (Å²) in [4.78, 5) is 27.0. The lowest BCUT2D eigenvalue weighted by Gasteiger charge is -2.12. The number of halogens is 1. The number of amides is 1. The van der Waals surface area contributed by atoms with Gasteiger partial charge in [-0.05, 0) is 57.5 Å². The third-order valence-electron chi connectivity index (χ3n) is 3.82. The van der Waals surface area contributed by atoms with Crippen LogP contribution < -0.4 is 10.2 Å². The summed E-state index contributed by atoms with van der Waals surface area (Å²) in [5.74, 6) is -0.892. The van der Waals surface area contributed by atoms with Crippen molar-refractivity contribution < 1.29 is 23.5 Å². The summed E-state index contributed by atoms with van der Waals surface area (Å²) in [5.41, 5.74) is 4.75. The van der Waals surface area contributed by atoms with Crippen molar-refractivity contribution in [1.29, 1.82) is 0 Å². The number of H-pyrrole nitrogens is 1. The number of esters is 1. The van der Waals surface area contributed by atoms with Gasteiger partial charge in [0.15, 0.2) is 6.10 Å². The van der Waals surface area contributed by atoms with Crippen molar-refractivity contribution in [2.45, 2.75) is 33.8 Å². The molecule has 1 aromatic heterocycles. The monoisotopic (exact) mass is 375 g/mol. The summed E-state index contributed by atoms with van der Waals surface area (Å²) in [6, 6.07) is 5.36. The second-order valence-corrected chi connectivity index (χ2v) is 5.83. The molecule has 0 aliphatic rings. The Morgan fingerprint density at radius 3 is 2.59 bits per heavy atom. The van der Waals surface area contributed by atoms with E-state index in [9.17, 15) is 14.0 Å². The van der Waals surface area contributed by atoms with Gasteiger partial charge in [-0.2, -0.15) is 5.10 Å². The van der Waals surface area contributed by atoms with Gasteiger partial charge in [-0.3, -0.25) is 4.79 Å². The molecule has 1 atom stereocenters. The largest absolute Gasteiger partial charge is 0.481 e. The molecule has 8 heteroatoms. The molecule has 1 amide bonds. The Bertz CT molecular complexity index is 843. The van der Waals surface area contributed by atoms with Crippen LogP contribution in [-0.2, 0) is 9.53 Å². The third-order valence-corrected chi connectivity index (χ3v) is 3.82. The number of nitrogens with one attached hydrogen (secondary N) is 2. The van der Waals surface area contributed by atoms with Gasteiger partial charge >= 0.3 is 5.97 Å². The van der Waals surface area contributed by atoms with Gasteiger partial charge in [-0.1, -0.05) is 0 Å². The first-order chi connectivity index (χ1) is 12.8. The van der Waals surface area contributed by atoms with Crippen LogP contribution in [0.3, 0.4) is 0 Å². The van der Waals surface area contributed by atoms with Gasteiger partial charge < -0.3 is 14.5 Å². The zero-order valence-electron chi connectivity index (χ0n) is 15.6. The summed E-state index contributed by atoms with van der Waals surface area (Å²) in [7, 11) is 0. The highest BCUT2D eigenvalue weighted by Crippen LogP contribution is 2.17. The molecular weight excluding hydrogens is 353 g/mol. The molecule has 1 aromatic carbocycles. The lowest BCUT2D eigenvalue weighted by molar-refractivity contribution is -0.127. The quantitative estimate of drug-likeness (QED) is 0.442. The molecule has 2 aromatic rings. The van der Waals surface area contributed by atoms with E-state index in [0.29, 0.717) is 28.3 Å². The van der Waals surface area contributed by atoms with Crippen molar-refractivity contribution in [3.8, 4) is 5.75 Å². The fourth-order valence-corrected chi connectivity index (χ4v) is 2.43. The molecule has 0 fully saturated rings. The number of aryl methyl sites for hydroxylation is 1. The van der Waals surface area contributed by atoms with Crippen molar-refractivity contribution in [1.82, 2.24) is 10.4 Å². The fourth-order valence-electron chi connectivity index (χ4n) is 2.43. The Morgan fingerprint density at radius 1 is 1.30 bits per heavy atom. The Hall–Kier alpha value is -3.16. The molecule has 0 saturated heterocycles. The molecule has 27 heavy (non-hydrogen) atoms. The van der Waals surface area contributed by atoms with Crippen LogP contribution in [0.5, 0.6) is 5.75 Å². The molecular formula is C19H22FN3O4. The van der Waals surface area contributed by atoms with Crippen LogP contribution in [-0.4, -0.2) is 35.8 Å². The maximum absolute atomic E-state index is 12.9. The van der Waals surface area contributed by atoms with E-state index in [4.69, 9.17) is 9.47 Å². The van der Waals surface area contributed by atoms with Crippen LogP contribution in [0.2, 0.25) is 0 Å². The second kappa shape index (κ2) is 8.98. The van der Waals surface area contributed by atoms with E-state index in [1.807, 2.05) is 0 Å². The van der Waals surface area contributed by atoms with Crippen LogP contribution in [0.4, 0.5) is 4.39 Å². The molecule has 1 heterocycles. The second-order valence-electron chi connectivity index (χ2n) is 5.83. The molecule has 0 spiro atoms. The van der Waals surface area contributed by atoms with E-state index < -0.39 is 18.0 Å². The predicted octanol–water partition coefficient (Wildman–Crippen LogP) is 2.86. The average molecular weight is 375 g/mol. The van der Waals surface area contributed by atoms with Crippen LogP contribution >= 0.6 is 0 Å². The van der Waals surface area contributed by atoms with Gasteiger partial charge in [0, 0.05) is 5.69 Å². The van der Waals surface area contributed by atoms with E-state index >= 15 is 0 Å². The number of aromatic amines is 1. The smallest absolute Gasteiger partial charge is 0.340 e. The molecule has 144 valence electrons. The summed E-state index contributed by atoms with van der Waals surface area (Å²) < 4.78 is 23.3. The molecule has 0 bridgehead atoms. The van der Waals surface area contributed by atoms with Gasteiger partial charge in [-0.15, -0.1) is 0 Å². The first-order valence-electron chi connectivity index (χ1n) is 8.44. The minimum atomic E-state index is -0.825. The lowest BCUT2D eigenvalue weighted by atomic mass is 10.1. The molecule has 0 aliphatic carbocycles. The zero-order chi connectivity index (χ0) is 20.0. The van der Waals surface area contributed by atoms with E-state index in [2.05, 4.69) is 15.5 Å².